The molecular formula is C13H20N4O3. The van der Waals surface area contributed by atoms with Gasteiger partial charge in [0.1, 0.15) is 5.69 Å². The topological polar surface area (TPSA) is 102 Å². The Labute approximate surface area is 117 Å². The Balaban J connectivity index is 3.13. The van der Waals surface area contributed by atoms with Gasteiger partial charge < -0.3 is 10.3 Å². The SMILES string of the molecule is CCC(C)N(CC)C(=O)c1ccc([N+](=O)[O-])c(NN)c1. The van der Waals surface area contributed by atoms with E-state index < -0.39 is 4.92 Å². The number of carbonyl (C=O) groups excluding carboxylic acids is 1. The second-order valence-electron chi connectivity index (χ2n) is 4.48. The number of hydrogen-bond donors (Lipinski definition) is 2. The number of nitrogens with two attached hydrogens (primary N) is 1. The highest BCUT2D eigenvalue weighted by atomic mass is 16.6. The van der Waals surface area contributed by atoms with Gasteiger partial charge in [0.15, 0.2) is 0 Å². The number of amides is 1. The zero-order chi connectivity index (χ0) is 15.3. The third kappa shape index (κ3) is 3.24. The zero-order valence-electron chi connectivity index (χ0n) is 11.9. The highest BCUT2D eigenvalue weighted by Crippen LogP contribution is 2.25. The monoisotopic (exact) mass is 280 g/mol. The number of nitro benzene ring substituents is 1. The van der Waals surface area contributed by atoms with E-state index in [0.717, 1.165) is 6.42 Å². The summed E-state index contributed by atoms with van der Waals surface area (Å²) in [7, 11) is 0. The molecule has 7 nitrogen and oxygen atoms in total. The van der Waals surface area contributed by atoms with Crippen molar-refractivity contribution in [2.75, 3.05) is 12.0 Å². The first-order valence-electron chi connectivity index (χ1n) is 6.52. The Bertz CT molecular complexity index is 504. The Morgan fingerprint density at radius 2 is 2.15 bits per heavy atom. The van der Waals surface area contributed by atoms with Gasteiger partial charge in [0.05, 0.1) is 4.92 Å². The van der Waals surface area contributed by atoms with Crippen LogP contribution in [-0.2, 0) is 0 Å². The molecule has 7 heteroatoms. The Hall–Kier alpha value is -2.15. The second kappa shape index (κ2) is 6.85. The molecule has 0 bridgehead atoms. The Morgan fingerprint density at radius 1 is 1.50 bits per heavy atom. The summed E-state index contributed by atoms with van der Waals surface area (Å²) in [6, 6.07) is 4.25. The van der Waals surface area contributed by atoms with Gasteiger partial charge in [-0.15, -0.1) is 0 Å². The lowest BCUT2D eigenvalue weighted by atomic mass is 10.1. The van der Waals surface area contributed by atoms with Crippen LogP contribution in [0.25, 0.3) is 0 Å². The second-order valence-corrected chi connectivity index (χ2v) is 4.48. The first-order chi connectivity index (χ1) is 9.46. The van der Waals surface area contributed by atoms with Gasteiger partial charge in [-0.3, -0.25) is 20.8 Å². The molecule has 1 rings (SSSR count). The highest BCUT2D eigenvalue weighted by Gasteiger charge is 2.21. The summed E-state index contributed by atoms with van der Waals surface area (Å²) in [6.45, 7) is 6.45. The van der Waals surface area contributed by atoms with Crippen LogP contribution in [0.1, 0.15) is 37.6 Å². The maximum absolute atomic E-state index is 12.4. The maximum atomic E-state index is 12.4. The molecule has 0 spiro atoms. The van der Waals surface area contributed by atoms with E-state index >= 15 is 0 Å². The molecule has 0 aliphatic rings. The predicted molar refractivity (Wildman–Crippen MR) is 77.4 cm³/mol. The van der Waals surface area contributed by atoms with Crippen LogP contribution >= 0.6 is 0 Å². The molecule has 1 atom stereocenters. The van der Waals surface area contributed by atoms with E-state index in [2.05, 4.69) is 5.43 Å². The highest BCUT2D eigenvalue weighted by molar-refractivity contribution is 5.96. The lowest BCUT2D eigenvalue weighted by Crippen LogP contribution is -2.38. The van der Waals surface area contributed by atoms with Crippen molar-refractivity contribution >= 4 is 17.3 Å². The molecule has 0 saturated heterocycles. The number of rotatable bonds is 6. The number of hydrogen-bond acceptors (Lipinski definition) is 5. The molecule has 0 aliphatic carbocycles. The molecule has 0 aromatic heterocycles. The molecule has 0 aliphatic heterocycles. The van der Waals surface area contributed by atoms with Crippen LogP contribution < -0.4 is 11.3 Å². The maximum Gasteiger partial charge on any atom is 0.293 e. The fourth-order valence-electron chi connectivity index (χ4n) is 1.99. The Kier molecular flexibility index (Phi) is 5.45. The summed E-state index contributed by atoms with van der Waals surface area (Å²) >= 11 is 0. The number of carbonyl (C=O) groups is 1. The fraction of sp³-hybridized carbons (Fsp3) is 0.462. The molecular weight excluding hydrogens is 260 g/mol. The number of benzene rings is 1. The molecule has 0 saturated carbocycles. The summed E-state index contributed by atoms with van der Waals surface area (Å²) in [5, 5.41) is 10.8. The smallest absolute Gasteiger partial charge is 0.293 e. The van der Waals surface area contributed by atoms with Crippen LogP contribution in [0.15, 0.2) is 18.2 Å². The summed E-state index contributed by atoms with van der Waals surface area (Å²) in [4.78, 5) is 24.4. The van der Waals surface area contributed by atoms with E-state index in [0.29, 0.717) is 12.1 Å². The minimum Gasteiger partial charge on any atom is -0.336 e. The van der Waals surface area contributed by atoms with Gasteiger partial charge in [-0.2, -0.15) is 0 Å². The molecule has 1 aromatic rings. The van der Waals surface area contributed by atoms with Crippen molar-refractivity contribution in [3.63, 3.8) is 0 Å². The molecule has 20 heavy (non-hydrogen) atoms. The van der Waals surface area contributed by atoms with Crippen molar-refractivity contribution in [1.29, 1.82) is 0 Å². The lowest BCUT2D eigenvalue weighted by molar-refractivity contribution is -0.384. The van der Waals surface area contributed by atoms with Gasteiger partial charge >= 0.3 is 0 Å². The lowest BCUT2D eigenvalue weighted by Gasteiger charge is -2.27. The summed E-state index contributed by atoms with van der Waals surface area (Å²) in [6.07, 6.45) is 0.842. The van der Waals surface area contributed by atoms with E-state index in [-0.39, 0.29) is 23.3 Å². The summed E-state index contributed by atoms with van der Waals surface area (Å²) in [5.41, 5.74) is 2.61. The van der Waals surface area contributed by atoms with E-state index in [4.69, 9.17) is 5.84 Å². The van der Waals surface area contributed by atoms with Crippen LogP contribution in [0.3, 0.4) is 0 Å². The van der Waals surface area contributed by atoms with Crippen LogP contribution in [0.4, 0.5) is 11.4 Å². The zero-order valence-corrected chi connectivity index (χ0v) is 11.9. The van der Waals surface area contributed by atoms with Crippen LogP contribution in [-0.4, -0.2) is 28.3 Å². The minimum absolute atomic E-state index is 0.108. The molecule has 1 amide bonds. The largest absolute Gasteiger partial charge is 0.336 e. The third-order valence-corrected chi connectivity index (χ3v) is 3.32. The van der Waals surface area contributed by atoms with Crippen LogP contribution in [0.5, 0.6) is 0 Å². The van der Waals surface area contributed by atoms with Gasteiger partial charge in [0.2, 0.25) is 0 Å². The predicted octanol–water partition coefficient (Wildman–Crippen LogP) is 2.14. The van der Waals surface area contributed by atoms with Crippen molar-refractivity contribution < 1.29 is 9.72 Å². The van der Waals surface area contributed by atoms with Crippen molar-refractivity contribution in [2.24, 2.45) is 5.84 Å². The fourth-order valence-corrected chi connectivity index (χ4v) is 1.99. The normalized spacial score (nSPS) is 11.8. The van der Waals surface area contributed by atoms with E-state index in [1.54, 1.807) is 4.90 Å². The van der Waals surface area contributed by atoms with Gasteiger partial charge in [0.25, 0.3) is 11.6 Å². The van der Waals surface area contributed by atoms with Gasteiger partial charge in [-0.25, -0.2) is 0 Å². The molecule has 1 unspecified atom stereocenters. The third-order valence-electron chi connectivity index (χ3n) is 3.32. The summed E-state index contributed by atoms with van der Waals surface area (Å²) in [5.74, 6) is 5.11. The van der Waals surface area contributed by atoms with E-state index in [9.17, 15) is 14.9 Å². The van der Waals surface area contributed by atoms with Gasteiger partial charge in [0, 0.05) is 24.2 Å². The minimum atomic E-state index is -0.546. The number of nitro groups is 1. The first-order valence-corrected chi connectivity index (χ1v) is 6.52. The summed E-state index contributed by atoms with van der Waals surface area (Å²) < 4.78 is 0. The van der Waals surface area contributed by atoms with E-state index in [1.807, 2.05) is 20.8 Å². The number of anilines is 1. The number of hydrazine groups is 1. The number of nitrogens with one attached hydrogen (secondary N) is 1. The quantitative estimate of drug-likeness (QED) is 0.472. The molecule has 110 valence electrons. The molecule has 1 aromatic carbocycles. The Morgan fingerprint density at radius 3 is 2.60 bits per heavy atom. The van der Waals surface area contributed by atoms with Crippen molar-refractivity contribution in [1.82, 2.24) is 4.90 Å². The number of nitrogens with zero attached hydrogens (tertiary/aromatic N) is 2. The van der Waals surface area contributed by atoms with Crippen molar-refractivity contribution in [3.8, 4) is 0 Å². The van der Waals surface area contributed by atoms with Crippen LogP contribution in [0, 0.1) is 10.1 Å². The molecule has 0 heterocycles. The average Bonchev–Trinajstić information content (AvgIpc) is 2.46. The van der Waals surface area contributed by atoms with Crippen LogP contribution in [0.2, 0.25) is 0 Å². The molecule has 0 radical (unpaired) electrons. The molecule has 3 N–H and O–H groups in total. The first kappa shape index (κ1) is 15.9. The molecule has 0 fully saturated rings. The standard InChI is InChI=1S/C13H20N4O3/c1-4-9(3)16(5-2)13(18)10-6-7-12(17(19)20)11(8-10)15-14/h6-9,15H,4-5,14H2,1-3H3. The average molecular weight is 280 g/mol. The van der Waals surface area contributed by atoms with Gasteiger partial charge in [-0.05, 0) is 32.4 Å². The van der Waals surface area contributed by atoms with Gasteiger partial charge in [-0.1, -0.05) is 6.92 Å². The van der Waals surface area contributed by atoms with Crippen molar-refractivity contribution in [3.05, 3.63) is 33.9 Å². The number of nitrogen functional groups attached to an aromatic ring is 1. The van der Waals surface area contributed by atoms with Crippen molar-refractivity contribution in [2.45, 2.75) is 33.2 Å². The van der Waals surface area contributed by atoms with E-state index in [1.165, 1.54) is 18.2 Å².